The topological polar surface area (TPSA) is 84.1 Å². The summed E-state index contributed by atoms with van der Waals surface area (Å²) >= 11 is 0. The summed E-state index contributed by atoms with van der Waals surface area (Å²) in [6, 6.07) is 8.81. The molecular formula is C17H19N3O3. The summed E-state index contributed by atoms with van der Waals surface area (Å²) in [5.74, 6) is 0. The maximum Gasteiger partial charge on any atom is 0.408 e. The quantitative estimate of drug-likeness (QED) is 0.879. The number of nitrogens with one attached hydrogen (secondary N) is 1. The van der Waals surface area contributed by atoms with E-state index in [2.05, 4.69) is 11.4 Å². The van der Waals surface area contributed by atoms with Gasteiger partial charge in [-0.15, -0.1) is 0 Å². The Balaban J connectivity index is 2.18. The van der Waals surface area contributed by atoms with Gasteiger partial charge < -0.3 is 19.4 Å². The van der Waals surface area contributed by atoms with Crippen molar-refractivity contribution in [3.8, 4) is 6.07 Å². The number of para-hydroxylation sites is 1. The fourth-order valence-corrected chi connectivity index (χ4v) is 2.28. The van der Waals surface area contributed by atoms with Crippen molar-refractivity contribution in [2.75, 3.05) is 0 Å². The molecule has 1 N–H and O–H groups in total. The zero-order valence-electron chi connectivity index (χ0n) is 13.4. The van der Waals surface area contributed by atoms with Crippen molar-refractivity contribution in [1.82, 2.24) is 9.88 Å². The van der Waals surface area contributed by atoms with Crippen molar-refractivity contribution < 1.29 is 14.3 Å². The average molecular weight is 313 g/mol. The zero-order valence-corrected chi connectivity index (χ0v) is 13.4. The first kappa shape index (κ1) is 16.6. The smallest absolute Gasteiger partial charge is 0.408 e. The zero-order chi connectivity index (χ0) is 17.0. The Hall–Kier alpha value is -2.81. The predicted octanol–water partition coefficient (Wildman–Crippen LogP) is 2.61. The second-order valence-electron chi connectivity index (χ2n) is 6.21. The molecule has 0 aliphatic heterocycles. The first-order valence-electron chi connectivity index (χ1n) is 7.27. The minimum atomic E-state index is -0.743. The molecule has 23 heavy (non-hydrogen) atoms. The molecule has 1 aromatic heterocycles. The van der Waals surface area contributed by atoms with Crippen molar-refractivity contribution >= 4 is 23.3 Å². The van der Waals surface area contributed by atoms with E-state index in [9.17, 15) is 14.9 Å². The van der Waals surface area contributed by atoms with Gasteiger partial charge >= 0.3 is 6.09 Å². The van der Waals surface area contributed by atoms with Crippen LogP contribution in [0, 0.1) is 11.3 Å². The number of nitriles is 1. The van der Waals surface area contributed by atoms with Gasteiger partial charge in [0, 0.05) is 23.6 Å². The van der Waals surface area contributed by atoms with E-state index in [4.69, 9.17) is 4.74 Å². The summed E-state index contributed by atoms with van der Waals surface area (Å²) < 4.78 is 6.93. The van der Waals surface area contributed by atoms with Gasteiger partial charge in [-0.2, -0.15) is 5.26 Å². The van der Waals surface area contributed by atoms with E-state index < -0.39 is 17.7 Å². The number of carbonyl (C=O) groups excluding carboxylic acids is 2. The van der Waals surface area contributed by atoms with Crippen LogP contribution in [-0.2, 0) is 16.1 Å². The van der Waals surface area contributed by atoms with Gasteiger partial charge in [-0.1, -0.05) is 18.2 Å². The van der Waals surface area contributed by atoms with Crippen LogP contribution in [0.15, 0.2) is 30.5 Å². The molecule has 0 saturated heterocycles. The first-order chi connectivity index (χ1) is 10.8. The highest BCUT2D eigenvalue weighted by Crippen LogP contribution is 2.20. The Morgan fingerprint density at radius 1 is 1.43 bits per heavy atom. The lowest BCUT2D eigenvalue weighted by molar-refractivity contribution is -0.109. The second-order valence-corrected chi connectivity index (χ2v) is 6.21. The number of carbonyl (C=O) groups is 2. The molecule has 1 aromatic carbocycles. The Labute approximate surface area is 134 Å². The summed E-state index contributed by atoms with van der Waals surface area (Å²) in [7, 11) is 0. The molecule has 1 heterocycles. The standard InChI is InChI=1S/C17H19N3O3/c1-17(2,3)23-16(22)19-13(11-21)10-20-9-12(8-18)14-6-4-5-7-15(14)20/h4-7,9,11,13H,10H2,1-3H3,(H,19,22)/t13-/m0/s1. The normalized spacial score (nSPS) is 12.4. The van der Waals surface area contributed by atoms with E-state index in [1.165, 1.54) is 0 Å². The molecule has 0 fully saturated rings. The number of hydrogen-bond donors (Lipinski definition) is 1. The van der Waals surface area contributed by atoms with Crippen molar-refractivity contribution in [3.63, 3.8) is 0 Å². The largest absolute Gasteiger partial charge is 0.444 e. The van der Waals surface area contributed by atoms with Crippen LogP contribution < -0.4 is 5.32 Å². The molecule has 0 saturated carbocycles. The van der Waals surface area contributed by atoms with E-state index in [1.807, 2.05) is 24.3 Å². The molecule has 6 nitrogen and oxygen atoms in total. The van der Waals surface area contributed by atoms with Gasteiger partial charge in [0.1, 0.15) is 24.0 Å². The Kier molecular flexibility index (Phi) is 4.70. The van der Waals surface area contributed by atoms with Crippen LogP contribution in [0.5, 0.6) is 0 Å². The molecule has 0 radical (unpaired) electrons. The van der Waals surface area contributed by atoms with Crippen molar-refractivity contribution in [1.29, 1.82) is 5.26 Å². The van der Waals surface area contributed by atoms with Gasteiger partial charge in [-0.3, -0.25) is 0 Å². The number of amides is 1. The molecule has 2 aromatic rings. The summed E-state index contributed by atoms with van der Waals surface area (Å²) in [5.41, 5.74) is 0.732. The van der Waals surface area contributed by atoms with E-state index in [0.29, 0.717) is 11.8 Å². The summed E-state index contributed by atoms with van der Waals surface area (Å²) in [6.45, 7) is 5.48. The van der Waals surface area contributed by atoms with Gasteiger partial charge in [0.2, 0.25) is 0 Å². The molecule has 0 aliphatic rings. The number of ether oxygens (including phenoxy) is 1. The SMILES string of the molecule is CC(C)(C)OC(=O)N[C@H](C=O)Cn1cc(C#N)c2ccccc21. The fraction of sp³-hybridized carbons (Fsp3) is 0.353. The third kappa shape index (κ3) is 4.10. The number of nitrogens with zero attached hydrogens (tertiary/aromatic N) is 2. The second kappa shape index (κ2) is 6.53. The van der Waals surface area contributed by atoms with Crippen molar-refractivity contribution in [2.24, 2.45) is 0 Å². The summed E-state index contributed by atoms with van der Waals surface area (Å²) in [5, 5.41) is 12.5. The molecule has 0 aliphatic carbocycles. The number of aromatic nitrogens is 1. The number of hydrogen-bond acceptors (Lipinski definition) is 4. The fourth-order valence-electron chi connectivity index (χ4n) is 2.28. The van der Waals surface area contributed by atoms with Gasteiger partial charge in [0.05, 0.1) is 5.56 Å². The van der Waals surface area contributed by atoms with Crippen molar-refractivity contribution in [2.45, 2.75) is 39.0 Å². The van der Waals surface area contributed by atoms with E-state index >= 15 is 0 Å². The van der Waals surface area contributed by atoms with Gasteiger partial charge in [-0.25, -0.2) is 4.79 Å². The van der Waals surface area contributed by atoms with Crippen LogP contribution in [0.3, 0.4) is 0 Å². The predicted molar refractivity (Wildman–Crippen MR) is 85.9 cm³/mol. The van der Waals surface area contributed by atoms with E-state index in [0.717, 1.165) is 10.9 Å². The Morgan fingerprint density at radius 2 is 2.13 bits per heavy atom. The highest BCUT2D eigenvalue weighted by Gasteiger charge is 2.20. The average Bonchev–Trinajstić information content (AvgIpc) is 2.83. The number of benzene rings is 1. The summed E-state index contributed by atoms with van der Waals surface area (Å²) in [6.07, 6.45) is 1.69. The number of aldehydes is 1. The van der Waals surface area contributed by atoms with Crippen LogP contribution in [0.2, 0.25) is 0 Å². The maximum atomic E-state index is 11.8. The minimum Gasteiger partial charge on any atom is -0.444 e. The number of fused-ring (bicyclic) bond motifs is 1. The molecule has 1 atom stereocenters. The highest BCUT2D eigenvalue weighted by atomic mass is 16.6. The van der Waals surface area contributed by atoms with Crippen LogP contribution in [0.1, 0.15) is 26.3 Å². The Bertz CT molecular complexity index is 765. The minimum absolute atomic E-state index is 0.227. The highest BCUT2D eigenvalue weighted by molar-refractivity contribution is 5.86. The van der Waals surface area contributed by atoms with Crippen LogP contribution in [0.4, 0.5) is 4.79 Å². The monoisotopic (exact) mass is 313 g/mol. The van der Waals surface area contributed by atoms with E-state index in [-0.39, 0.29) is 6.54 Å². The van der Waals surface area contributed by atoms with Crippen molar-refractivity contribution in [3.05, 3.63) is 36.0 Å². The number of alkyl carbamates (subject to hydrolysis) is 1. The molecule has 0 unspecified atom stereocenters. The van der Waals surface area contributed by atoms with Crippen LogP contribution in [-0.4, -0.2) is 28.6 Å². The van der Waals surface area contributed by atoms with Gasteiger partial charge in [0.25, 0.3) is 0 Å². The van der Waals surface area contributed by atoms with Gasteiger partial charge in [-0.05, 0) is 26.8 Å². The molecule has 2 rings (SSSR count). The molecule has 6 heteroatoms. The first-order valence-corrected chi connectivity index (χ1v) is 7.27. The number of rotatable bonds is 4. The van der Waals surface area contributed by atoms with Crippen LogP contribution >= 0.6 is 0 Å². The third-order valence-electron chi connectivity index (χ3n) is 3.17. The molecule has 0 spiro atoms. The molecule has 0 bridgehead atoms. The third-order valence-corrected chi connectivity index (χ3v) is 3.17. The Morgan fingerprint density at radius 3 is 2.74 bits per heavy atom. The lowest BCUT2D eigenvalue weighted by Gasteiger charge is -2.21. The van der Waals surface area contributed by atoms with Gasteiger partial charge in [0.15, 0.2) is 0 Å². The lowest BCUT2D eigenvalue weighted by atomic mass is 10.2. The maximum absolute atomic E-state index is 11.8. The summed E-state index contributed by atoms with van der Waals surface area (Å²) in [4.78, 5) is 23.1. The van der Waals surface area contributed by atoms with E-state index in [1.54, 1.807) is 31.5 Å². The van der Waals surface area contributed by atoms with Crippen LogP contribution in [0.25, 0.3) is 10.9 Å². The molecular weight excluding hydrogens is 294 g/mol. The lowest BCUT2D eigenvalue weighted by Crippen LogP contribution is -2.42. The molecule has 1 amide bonds. The molecule has 120 valence electrons.